The van der Waals surface area contributed by atoms with Crippen molar-refractivity contribution in [1.29, 1.82) is 0 Å². The fourth-order valence-corrected chi connectivity index (χ4v) is 0.557. The van der Waals surface area contributed by atoms with Gasteiger partial charge in [-0.05, 0) is 0 Å². The van der Waals surface area contributed by atoms with E-state index in [0.717, 1.165) is 0 Å². The van der Waals surface area contributed by atoms with E-state index < -0.39 is 12.0 Å². The first-order valence-electron chi connectivity index (χ1n) is 3.06. The summed E-state index contributed by atoms with van der Waals surface area (Å²) in [4.78, 5) is 24.3. The molecule has 0 aliphatic heterocycles. The van der Waals surface area contributed by atoms with Crippen molar-refractivity contribution in [2.24, 2.45) is 27.3 Å². The molecule has 0 unspecified atom stereocenters. The van der Waals surface area contributed by atoms with E-state index in [1.54, 1.807) is 0 Å². The first-order valence-corrected chi connectivity index (χ1v) is 3.06. The maximum Gasteiger partial charge on any atom is 0.351 e. The third-order valence-corrected chi connectivity index (χ3v) is 1.09. The first kappa shape index (κ1) is 10.4. The topological polar surface area (TPSA) is 132 Å². The predicted octanol–water partition coefficient (Wildman–Crippen LogP) is -0.746. The third-order valence-electron chi connectivity index (χ3n) is 1.09. The van der Waals surface area contributed by atoms with Crippen LogP contribution in [0.4, 0.5) is 0 Å². The molecule has 0 aromatic heterocycles. The van der Waals surface area contributed by atoms with Gasteiger partial charge in [0.1, 0.15) is 0 Å². The predicted molar refractivity (Wildman–Crippen MR) is 38.4 cm³/mol. The molecule has 0 aliphatic carbocycles. The molecule has 8 heteroatoms. The number of carbonyl (C=O) groups excluding carboxylic acids is 1. The highest BCUT2D eigenvalue weighted by atomic mass is 16.7. The monoisotopic (exact) mass is 175 g/mol. The molecule has 68 valence electrons. The Kier molecular flexibility index (Phi) is 5.35. The lowest BCUT2D eigenvalue weighted by Gasteiger charge is -2.03. The Balaban J connectivity index is 4.02. The maximum atomic E-state index is 10.7. The van der Waals surface area contributed by atoms with Crippen LogP contribution in [0.15, 0.2) is 15.5 Å². The van der Waals surface area contributed by atoms with Gasteiger partial charge in [0.05, 0.1) is 6.54 Å². The summed E-state index contributed by atoms with van der Waals surface area (Å²) in [5.41, 5.74) is 0. The lowest BCUT2D eigenvalue weighted by molar-refractivity contribution is -0.145. The highest BCUT2D eigenvalue weighted by Crippen LogP contribution is 2.00. The van der Waals surface area contributed by atoms with Crippen LogP contribution in [0.5, 0.6) is 0 Å². The number of nitrogens with zero attached hydrogens (tertiary/aromatic N) is 3. The summed E-state index contributed by atoms with van der Waals surface area (Å²) < 4.78 is 0. The van der Waals surface area contributed by atoms with Crippen LogP contribution in [-0.2, 0) is 9.63 Å². The molecule has 4 N–H and O–H groups in total. The SMILES string of the molecule is NN=N[C@@H](CCN=O)C(=O)ON. The van der Waals surface area contributed by atoms with Crippen LogP contribution >= 0.6 is 0 Å². The molecule has 0 spiro atoms. The molecule has 0 aromatic rings. The second-order valence-corrected chi connectivity index (χ2v) is 1.83. The summed E-state index contributed by atoms with van der Waals surface area (Å²) >= 11 is 0. The Bertz CT molecular complexity index is 182. The first-order chi connectivity index (χ1) is 5.76. The molecule has 0 saturated heterocycles. The molecular weight excluding hydrogens is 166 g/mol. The molecule has 0 fully saturated rings. The standard InChI is InChI=1S/C4H9N5O3/c5-9-8-3(1-2-7-11)4(10)12-6/h3H,1-2,6H2,(H2,5,8)/t3-/m0/s1. The number of hydrogen-bond acceptors (Lipinski definition) is 7. The van der Waals surface area contributed by atoms with Crippen LogP contribution in [0.2, 0.25) is 0 Å². The molecule has 12 heavy (non-hydrogen) atoms. The van der Waals surface area contributed by atoms with Gasteiger partial charge >= 0.3 is 5.97 Å². The van der Waals surface area contributed by atoms with E-state index in [1.165, 1.54) is 0 Å². The Morgan fingerprint density at radius 1 is 1.58 bits per heavy atom. The summed E-state index contributed by atoms with van der Waals surface area (Å²) in [5.74, 6) is 8.47. The Morgan fingerprint density at radius 2 is 2.25 bits per heavy atom. The number of hydrogen-bond donors (Lipinski definition) is 2. The lowest BCUT2D eigenvalue weighted by Crippen LogP contribution is -2.25. The average Bonchev–Trinajstić information content (AvgIpc) is 2.11. The quantitative estimate of drug-likeness (QED) is 0.245. The molecule has 0 saturated carbocycles. The van der Waals surface area contributed by atoms with Crippen LogP contribution in [-0.4, -0.2) is 18.6 Å². The van der Waals surface area contributed by atoms with Gasteiger partial charge in [0.25, 0.3) is 0 Å². The number of nitrogens with two attached hydrogens (primary N) is 2. The third kappa shape index (κ3) is 3.56. The van der Waals surface area contributed by atoms with Gasteiger partial charge in [0, 0.05) is 6.42 Å². The van der Waals surface area contributed by atoms with Gasteiger partial charge in [0.15, 0.2) is 6.04 Å². The van der Waals surface area contributed by atoms with Crippen LogP contribution in [0.1, 0.15) is 6.42 Å². The second-order valence-electron chi connectivity index (χ2n) is 1.83. The van der Waals surface area contributed by atoms with E-state index in [2.05, 4.69) is 26.2 Å². The largest absolute Gasteiger partial charge is 0.372 e. The Labute approximate surface area is 67.9 Å². The van der Waals surface area contributed by atoms with E-state index in [9.17, 15) is 9.70 Å². The van der Waals surface area contributed by atoms with Crippen molar-refractivity contribution in [3.8, 4) is 0 Å². The normalized spacial score (nSPS) is 12.8. The Morgan fingerprint density at radius 3 is 2.67 bits per heavy atom. The number of nitroso groups, excluding NO2 is 1. The lowest BCUT2D eigenvalue weighted by atomic mass is 10.2. The van der Waals surface area contributed by atoms with Crippen molar-refractivity contribution in [3.63, 3.8) is 0 Å². The van der Waals surface area contributed by atoms with Crippen molar-refractivity contribution in [3.05, 3.63) is 4.91 Å². The molecule has 0 aromatic carbocycles. The van der Waals surface area contributed by atoms with Crippen molar-refractivity contribution in [2.45, 2.75) is 12.5 Å². The van der Waals surface area contributed by atoms with Crippen molar-refractivity contribution >= 4 is 5.97 Å². The molecule has 8 nitrogen and oxygen atoms in total. The highest BCUT2D eigenvalue weighted by molar-refractivity contribution is 5.75. The zero-order valence-corrected chi connectivity index (χ0v) is 6.21. The fraction of sp³-hybridized carbons (Fsp3) is 0.750. The van der Waals surface area contributed by atoms with E-state index in [0.29, 0.717) is 0 Å². The van der Waals surface area contributed by atoms with Crippen molar-refractivity contribution in [1.82, 2.24) is 0 Å². The molecule has 0 radical (unpaired) electrons. The van der Waals surface area contributed by atoms with E-state index in [4.69, 9.17) is 5.84 Å². The second kappa shape index (κ2) is 6.16. The fourth-order valence-electron chi connectivity index (χ4n) is 0.557. The van der Waals surface area contributed by atoms with Gasteiger partial charge in [0.2, 0.25) is 0 Å². The van der Waals surface area contributed by atoms with Gasteiger partial charge < -0.3 is 10.7 Å². The van der Waals surface area contributed by atoms with E-state index in [1.807, 2.05) is 0 Å². The molecule has 0 aliphatic rings. The van der Waals surface area contributed by atoms with Gasteiger partial charge in [-0.15, -0.1) is 0 Å². The summed E-state index contributed by atoms with van der Waals surface area (Å²) in [5, 5.41) is 8.70. The van der Waals surface area contributed by atoms with Gasteiger partial charge in [-0.3, -0.25) is 0 Å². The summed E-state index contributed by atoms with van der Waals surface area (Å²) in [6.45, 7) is -0.0706. The minimum absolute atomic E-state index is 0.0706. The van der Waals surface area contributed by atoms with Crippen LogP contribution in [0.3, 0.4) is 0 Å². The molecule has 0 amide bonds. The van der Waals surface area contributed by atoms with Gasteiger partial charge in [-0.25, -0.2) is 4.79 Å². The molecule has 0 rings (SSSR count). The maximum absolute atomic E-state index is 10.7. The average molecular weight is 175 g/mol. The molecule has 0 bridgehead atoms. The highest BCUT2D eigenvalue weighted by Gasteiger charge is 2.18. The number of rotatable bonds is 5. The van der Waals surface area contributed by atoms with Gasteiger partial charge in [-0.1, -0.05) is 10.4 Å². The van der Waals surface area contributed by atoms with Crippen molar-refractivity contribution < 1.29 is 9.63 Å². The van der Waals surface area contributed by atoms with E-state index >= 15 is 0 Å². The molecular formula is C4H9N5O3. The van der Waals surface area contributed by atoms with Crippen LogP contribution in [0.25, 0.3) is 0 Å². The zero-order valence-electron chi connectivity index (χ0n) is 6.21. The number of carbonyl (C=O) groups is 1. The zero-order chi connectivity index (χ0) is 9.40. The minimum Gasteiger partial charge on any atom is -0.372 e. The summed E-state index contributed by atoms with van der Waals surface area (Å²) in [6, 6.07) is -0.947. The van der Waals surface area contributed by atoms with Gasteiger partial charge in [-0.2, -0.15) is 15.9 Å². The van der Waals surface area contributed by atoms with Crippen molar-refractivity contribution in [2.75, 3.05) is 6.54 Å². The summed E-state index contributed by atoms with van der Waals surface area (Å²) in [7, 11) is 0. The molecule has 0 heterocycles. The van der Waals surface area contributed by atoms with E-state index in [-0.39, 0.29) is 13.0 Å². The molecule has 1 atom stereocenters. The Hall–Kier alpha value is -1.57. The summed E-state index contributed by atoms with van der Waals surface area (Å²) in [6.07, 6.45) is 0.0836. The minimum atomic E-state index is -0.947. The van der Waals surface area contributed by atoms with Crippen LogP contribution < -0.4 is 11.7 Å². The van der Waals surface area contributed by atoms with Crippen LogP contribution in [0, 0.1) is 4.91 Å². The smallest absolute Gasteiger partial charge is 0.351 e.